The van der Waals surface area contributed by atoms with Crippen molar-refractivity contribution in [2.75, 3.05) is 7.11 Å². The van der Waals surface area contributed by atoms with E-state index >= 15 is 0 Å². The zero-order chi connectivity index (χ0) is 19.7. The van der Waals surface area contributed by atoms with Gasteiger partial charge in [-0.15, -0.1) is 0 Å². The fourth-order valence-electron chi connectivity index (χ4n) is 2.86. The van der Waals surface area contributed by atoms with Crippen LogP contribution in [0, 0.1) is 0 Å². The number of ether oxygens (including phenoxy) is 1. The molecule has 0 aromatic carbocycles. The standard InChI is InChI=1S/C19H14ClN5O3/c1-28-13-6-7-21-16(9-13)25-18(26)14-3-2-8-24(17(14)23-19(25)27)11-12-4-5-15(20)22-10-12/h2-10H,11H2,1H3. The molecule has 4 heterocycles. The van der Waals surface area contributed by atoms with Gasteiger partial charge in [-0.2, -0.15) is 4.98 Å². The Balaban J connectivity index is 1.85. The number of rotatable bonds is 4. The number of aromatic nitrogens is 5. The number of methoxy groups -OCH3 is 1. The maximum atomic E-state index is 13.0. The van der Waals surface area contributed by atoms with Gasteiger partial charge < -0.3 is 9.30 Å². The van der Waals surface area contributed by atoms with Gasteiger partial charge in [0.2, 0.25) is 0 Å². The van der Waals surface area contributed by atoms with Crippen LogP contribution in [0.1, 0.15) is 5.56 Å². The molecule has 0 saturated heterocycles. The third kappa shape index (κ3) is 3.25. The average Bonchev–Trinajstić information content (AvgIpc) is 2.70. The van der Waals surface area contributed by atoms with Crippen molar-refractivity contribution in [2.24, 2.45) is 0 Å². The average molecular weight is 396 g/mol. The Bertz CT molecular complexity index is 1230. The summed E-state index contributed by atoms with van der Waals surface area (Å²) in [6.07, 6.45) is 4.84. The van der Waals surface area contributed by atoms with E-state index in [1.165, 1.54) is 19.4 Å². The van der Waals surface area contributed by atoms with Crippen LogP contribution in [-0.2, 0) is 6.54 Å². The summed E-state index contributed by atoms with van der Waals surface area (Å²) in [5, 5.41) is 0.389. The molecule has 0 aliphatic carbocycles. The Morgan fingerprint density at radius 3 is 2.75 bits per heavy atom. The summed E-state index contributed by atoms with van der Waals surface area (Å²) in [5.41, 5.74) is -0.0600. The molecule has 2 aliphatic heterocycles. The molecule has 0 fully saturated rings. The van der Waals surface area contributed by atoms with Crippen LogP contribution in [0.15, 0.2) is 64.6 Å². The summed E-state index contributed by atoms with van der Waals surface area (Å²) in [7, 11) is 1.49. The molecular weight excluding hydrogens is 382 g/mol. The van der Waals surface area contributed by atoms with E-state index in [4.69, 9.17) is 16.3 Å². The predicted molar refractivity (Wildman–Crippen MR) is 103 cm³/mol. The van der Waals surface area contributed by atoms with Crippen LogP contribution in [0.25, 0.3) is 17.2 Å². The third-order valence-electron chi connectivity index (χ3n) is 4.19. The van der Waals surface area contributed by atoms with Crippen molar-refractivity contribution < 1.29 is 4.74 Å². The molecule has 2 aromatic heterocycles. The van der Waals surface area contributed by atoms with Gasteiger partial charge in [0.05, 0.1) is 19.2 Å². The minimum Gasteiger partial charge on any atom is -0.497 e. The SMILES string of the molecule is COc1ccnc(-n2c(=O)nc3n(Cc4ccc(Cl)nc4)cccc-3c2=O)c1. The van der Waals surface area contributed by atoms with E-state index in [0.29, 0.717) is 23.0 Å². The summed E-state index contributed by atoms with van der Waals surface area (Å²) >= 11 is 5.82. The summed E-state index contributed by atoms with van der Waals surface area (Å²) in [6, 6.07) is 9.98. The third-order valence-corrected chi connectivity index (χ3v) is 4.42. The Morgan fingerprint density at radius 2 is 2.00 bits per heavy atom. The lowest BCUT2D eigenvalue weighted by Crippen LogP contribution is -2.37. The van der Waals surface area contributed by atoms with Gasteiger partial charge in [0.25, 0.3) is 5.56 Å². The molecule has 2 aliphatic rings. The lowest BCUT2D eigenvalue weighted by Gasteiger charge is -2.15. The molecule has 2 aromatic rings. The molecule has 9 heteroatoms. The normalized spacial score (nSPS) is 10.9. The van der Waals surface area contributed by atoms with Crippen molar-refractivity contribution >= 4 is 11.6 Å². The molecule has 28 heavy (non-hydrogen) atoms. The molecule has 8 nitrogen and oxygen atoms in total. The molecule has 0 amide bonds. The van der Waals surface area contributed by atoms with Crippen LogP contribution in [0.4, 0.5) is 0 Å². The van der Waals surface area contributed by atoms with Gasteiger partial charge in [-0.05, 0) is 29.8 Å². The molecule has 0 unspecified atom stereocenters. The van der Waals surface area contributed by atoms with Gasteiger partial charge in [-0.25, -0.2) is 19.3 Å². The first-order valence-corrected chi connectivity index (χ1v) is 8.67. The molecule has 140 valence electrons. The molecule has 0 spiro atoms. The topological polar surface area (TPSA) is 91.9 Å². The van der Waals surface area contributed by atoms with Gasteiger partial charge in [-0.3, -0.25) is 4.79 Å². The second-order valence-corrected chi connectivity index (χ2v) is 6.34. The second-order valence-electron chi connectivity index (χ2n) is 5.95. The van der Waals surface area contributed by atoms with Crippen molar-refractivity contribution in [1.82, 2.24) is 24.1 Å². The zero-order valence-corrected chi connectivity index (χ0v) is 15.5. The van der Waals surface area contributed by atoms with Crippen LogP contribution < -0.4 is 16.0 Å². The maximum Gasteiger partial charge on any atom is 0.358 e. The van der Waals surface area contributed by atoms with E-state index in [1.807, 2.05) is 6.07 Å². The fourth-order valence-corrected chi connectivity index (χ4v) is 2.97. The summed E-state index contributed by atoms with van der Waals surface area (Å²) < 4.78 is 7.78. The molecule has 0 bridgehead atoms. The first-order chi connectivity index (χ1) is 13.6. The first-order valence-electron chi connectivity index (χ1n) is 8.30. The second kappa shape index (κ2) is 7.24. The first kappa shape index (κ1) is 17.9. The van der Waals surface area contributed by atoms with E-state index < -0.39 is 11.2 Å². The zero-order valence-electron chi connectivity index (χ0n) is 14.7. The predicted octanol–water partition coefficient (Wildman–Crippen LogP) is 2.00. The van der Waals surface area contributed by atoms with Gasteiger partial charge in [0.15, 0.2) is 5.82 Å². The Labute approximate surface area is 164 Å². The van der Waals surface area contributed by atoms with Crippen LogP contribution >= 0.6 is 11.6 Å². The quantitative estimate of drug-likeness (QED) is 0.491. The van der Waals surface area contributed by atoms with Crippen LogP contribution in [0.3, 0.4) is 0 Å². The largest absolute Gasteiger partial charge is 0.497 e. The summed E-state index contributed by atoms with van der Waals surface area (Å²) in [6.45, 7) is 0.384. The van der Waals surface area contributed by atoms with Crippen molar-refractivity contribution in [3.63, 3.8) is 0 Å². The highest BCUT2D eigenvalue weighted by atomic mass is 35.5. The van der Waals surface area contributed by atoms with Crippen LogP contribution in [0.2, 0.25) is 5.15 Å². The van der Waals surface area contributed by atoms with E-state index in [-0.39, 0.29) is 11.6 Å². The molecular formula is C19H14ClN5O3. The highest BCUT2D eigenvalue weighted by Crippen LogP contribution is 2.17. The minimum absolute atomic E-state index is 0.154. The number of hydrogen-bond donors (Lipinski definition) is 0. The number of fused-ring (bicyclic) bond motifs is 1. The van der Waals surface area contributed by atoms with Gasteiger partial charge in [0, 0.05) is 24.7 Å². The molecule has 0 N–H and O–H groups in total. The highest BCUT2D eigenvalue weighted by Gasteiger charge is 2.19. The highest BCUT2D eigenvalue weighted by molar-refractivity contribution is 6.29. The van der Waals surface area contributed by atoms with Crippen LogP contribution in [-0.4, -0.2) is 31.2 Å². The van der Waals surface area contributed by atoms with E-state index in [0.717, 1.165) is 10.1 Å². The van der Waals surface area contributed by atoms with Gasteiger partial charge in [-0.1, -0.05) is 17.7 Å². The molecule has 4 rings (SSSR count). The Morgan fingerprint density at radius 1 is 1.14 bits per heavy atom. The van der Waals surface area contributed by atoms with Gasteiger partial charge >= 0.3 is 5.69 Å². The maximum absolute atomic E-state index is 13.0. The number of hydrogen-bond acceptors (Lipinski definition) is 6. The fraction of sp³-hybridized carbons (Fsp3) is 0.105. The van der Waals surface area contributed by atoms with Crippen LogP contribution in [0.5, 0.6) is 5.75 Å². The minimum atomic E-state index is -0.715. The van der Waals surface area contributed by atoms with Gasteiger partial charge in [0.1, 0.15) is 16.7 Å². The number of nitrogens with zero attached hydrogens (tertiary/aromatic N) is 5. The summed E-state index contributed by atoms with van der Waals surface area (Å²) in [5.74, 6) is 0.919. The Kier molecular flexibility index (Phi) is 4.62. The monoisotopic (exact) mass is 395 g/mol. The van der Waals surface area contributed by atoms with E-state index in [2.05, 4.69) is 15.0 Å². The van der Waals surface area contributed by atoms with Crippen molar-refractivity contribution in [1.29, 1.82) is 0 Å². The van der Waals surface area contributed by atoms with Crippen molar-refractivity contribution in [2.45, 2.75) is 6.54 Å². The molecule has 0 saturated carbocycles. The number of halogens is 1. The summed E-state index contributed by atoms with van der Waals surface area (Å²) in [4.78, 5) is 37.9. The smallest absolute Gasteiger partial charge is 0.358 e. The lowest BCUT2D eigenvalue weighted by atomic mass is 10.2. The Hall–Kier alpha value is -3.52. The molecule has 0 radical (unpaired) electrons. The number of pyridine rings is 3. The molecule has 0 atom stereocenters. The van der Waals surface area contributed by atoms with E-state index in [1.54, 1.807) is 41.2 Å². The van der Waals surface area contributed by atoms with Crippen molar-refractivity contribution in [3.05, 3.63) is 86.5 Å². The van der Waals surface area contributed by atoms with E-state index in [9.17, 15) is 9.59 Å². The lowest BCUT2D eigenvalue weighted by molar-refractivity contribution is 0.414. The van der Waals surface area contributed by atoms with Crippen molar-refractivity contribution in [3.8, 4) is 23.0 Å².